The Balaban J connectivity index is 2.09. The fraction of sp³-hybridized carbons (Fsp3) is 0.650. The molecule has 0 spiro atoms. The summed E-state index contributed by atoms with van der Waals surface area (Å²) in [6, 6.07) is 8.62. The van der Waals surface area contributed by atoms with Gasteiger partial charge in [-0.05, 0) is 56.5 Å². The van der Waals surface area contributed by atoms with Gasteiger partial charge in [0.15, 0.2) is 5.96 Å². The Labute approximate surface area is 157 Å². The lowest BCUT2D eigenvalue weighted by molar-refractivity contribution is 0.240. The highest BCUT2D eigenvalue weighted by Crippen LogP contribution is 2.27. The monoisotopic (exact) mass is 362 g/mol. The van der Waals surface area contributed by atoms with Crippen LogP contribution < -0.4 is 15.4 Å². The third-order valence-electron chi connectivity index (χ3n) is 4.74. The van der Waals surface area contributed by atoms with Crippen molar-refractivity contribution in [3.63, 3.8) is 0 Å². The number of aliphatic hydroxyl groups excluding tert-OH is 1. The van der Waals surface area contributed by atoms with Crippen LogP contribution in [-0.2, 0) is 0 Å². The molecule has 3 N–H and O–H groups in total. The lowest BCUT2D eigenvalue weighted by Gasteiger charge is -2.29. The number of methoxy groups -OCH3 is 1. The lowest BCUT2D eigenvalue weighted by Crippen LogP contribution is -2.43. The second kappa shape index (κ2) is 11.0. The van der Waals surface area contributed by atoms with Crippen LogP contribution in [0.1, 0.15) is 38.3 Å². The summed E-state index contributed by atoms with van der Waals surface area (Å²) >= 11 is 0. The minimum Gasteiger partial charge on any atom is -0.497 e. The molecule has 2 unspecified atom stereocenters. The van der Waals surface area contributed by atoms with Crippen LogP contribution in [-0.4, -0.2) is 62.4 Å². The van der Waals surface area contributed by atoms with Crippen molar-refractivity contribution in [1.29, 1.82) is 0 Å². The van der Waals surface area contributed by atoms with Crippen LogP contribution in [0.15, 0.2) is 29.3 Å². The first-order chi connectivity index (χ1) is 12.7. The van der Waals surface area contributed by atoms with Crippen LogP contribution in [0.5, 0.6) is 5.75 Å². The van der Waals surface area contributed by atoms with E-state index in [1.807, 2.05) is 13.0 Å². The number of benzene rings is 1. The van der Waals surface area contributed by atoms with Gasteiger partial charge in [-0.15, -0.1) is 0 Å². The molecule has 6 heteroatoms. The molecule has 1 heterocycles. The normalized spacial score (nSPS) is 17.8. The topological polar surface area (TPSA) is 69.1 Å². The van der Waals surface area contributed by atoms with Gasteiger partial charge in [-0.1, -0.05) is 19.1 Å². The maximum absolute atomic E-state index is 9.21. The molecule has 1 aromatic rings. The number of hydrogen-bond donors (Lipinski definition) is 3. The minimum atomic E-state index is 0.156. The molecule has 1 aliphatic heterocycles. The zero-order valence-corrected chi connectivity index (χ0v) is 16.4. The Morgan fingerprint density at radius 1 is 1.31 bits per heavy atom. The number of ether oxygens (including phenoxy) is 1. The maximum Gasteiger partial charge on any atom is 0.191 e. The van der Waals surface area contributed by atoms with Crippen LogP contribution in [0.2, 0.25) is 0 Å². The van der Waals surface area contributed by atoms with Gasteiger partial charge in [0.05, 0.1) is 13.2 Å². The zero-order valence-electron chi connectivity index (χ0n) is 16.4. The molecule has 1 fully saturated rings. The summed E-state index contributed by atoms with van der Waals surface area (Å²) in [4.78, 5) is 7.13. The summed E-state index contributed by atoms with van der Waals surface area (Å²) in [6.45, 7) is 8.67. The summed E-state index contributed by atoms with van der Waals surface area (Å²) in [5.41, 5.74) is 1.26. The van der Waals surface area contributed by atoms with E-state index in [9.17, 15) is 5.11 Å². The molecule has 0 aromatic heterocycles. The second-order valence-corrected chi connectivity index (χ2v) is 6.92. The van der Waals surface area contributed by atoms with Gasteiger partial charge in [0.2, 0.25) is 0 Å². The molecule has 0 aliphatic carbocycles. The van der Waals surface area contributed by atoms with Gasteiger partial charge >= 0.3 is 0 Å². The first-order valence-electron chi connectivity index (χ1n) is 9.69. The molecule has 0 radical (unpaired) electrons. The first kappa shape index (κ1) is 20.5. The molecule has 2 rings (SSSR count). The zero-order chi connectivity index (χ0) is 18.8. The van der Waals surface area contributed by atoms with Gasteiger partial charge < -0.3 is 20.5 Å². The van der Waals surface area contributed by atoms with Crippen LogP contribution in [0.4, 0.5) is 0 Å². The lowest BCUT2D eigenvalue weighted by atomic mass is 10.1. The molecular weight excluding hydrogens is 328 g/mol. The SMILES string of the molecule is CCNC(=NCC(C)CO)NCC(c1cccc(OC)c1)N1CCCC1. The second-order valence-electron chi connectivity index (χ2n) is 6.92. The van der Waals surface area contributed by atoms with Gasteiger partial charge in [-0.3, -0.25) is 9.89 Å². The summed E-state index contributed by atoms with van der Waals surface area (Å²) < 4.78 is 5.41. The highest BCUT2D eigenvalue weighted by atomic mass is 16.5. The van der Waals surface area contributed by atoms with Gasteiger partial charge in [0.25, 0.3) is 0 Å². The van der Waals surface area contributed by atoms with E-state index in [1.165, 1.54) is 18.4 Å². The van der Waals surface area contributed by atoms with Crippen LogP contribution >= 0.6 is 0 Å². The van der Waals surface area contributed by atoms with E-state index < -0.39 is 0 Å². The van der Waals surface area contributed by atoms with Crippen LogP contribution in [0, 0.1) is 5.92 Å². The molecule has 0 bridgehead atoms. The van der Waals surface area contributed by atoms with Crippen LogP contribution in [0.25, 0.3) is 0 Å². The van der Waals surface area contributed by atoms with Crippen molar-refractivity contribution < 1.29 is 9.84 Å². The van der Waals surface area contributed by atoms with Crippen molar-refractivity contribution >= 4 is 5.96 Å². The average Bonchev–Trinajstić information content (AvgIpc) is 3.20. The molecule has 146 valence electrons. The quantitative estimate of drug-likeness (QED) is 0.463. The molecule has 0 saturated carbocycles. The number of guanidine groups is 1. The highest BCUT2D eigenvalue weighted by molar-refractivity contribution is 5.79. The fourth-order valence-corrected chi connectivity index (χ4v) is 3.20. The van der Waals surface area contributed by atoms with Crippen molar-refractivity contribution in [2.75, 3.05) is 46.4 Å². The van der Waals surface area contributed by atoms with E-state index in [2.05, 4.69) is 45.6 Å². The maximum atomic E-state index is 9.21. The highest BCUT2D eigenvalue weighted by Gasteiger charge is 2.24. The third-order valence-corrected chi connectivity index (χ3v) is 4.74. The number of rotatable bonds is 9. The Hall–Kier alpha value is -1.79. The van der Waals surface area contributed by atoms with Crippen molar-refractivity contribution in [2.24, 2.45) is 10.9 Å². The van der Waals surface area contributed by atoms with Gasteiger partial charge in [-0.2, -0.15) is 0 Å². The van der Waals surface area contributed by atoms with Gasteiger partial charge in [0.1, 0.15) is 5.75 Å². The number of aliphatic imine (C=N–C) groups is 1. The number of hydrogen-bond acceptors (Lipinski definition) is 4. The van der Waals surface area contributed by atoms with Crippen LogP contribution in [0.3, 0.4) is 0 Å². The molecule has 6 nitrogen and oxygen atoms in total. The predicted octanol–water partition coefficient (Wildman–Crippen LogP) is 2.02. The smallest absolute Gasteiger partial charge is 0.191 e. The first-order valence-corrected chi connectivity index (χ1v) is 9.69. The van der Waals surface area contributed by atoms with Crippen molar-refractivity contribution in [2.45, 2.75) is 32.7 Å². The summed E-state index contributed by atoms with van der Waals surface area (Å²) in [5, 5.41) is 16.0. The summed E-state index contributed by atoms with van der Waals surface area (Å²) in [6.07, 6.45) is 2.51. The van der Waals surface area contributed by atoms with Gasteiger partial charge in [0, 0.05) is 26.2 Å². The Morgan fingerprint density at radius 3 is 2.73 bits per heavy atom. The van der Waals surface area contributed by atoms with Gasteiger partial charge in [-0.25, -0.2) is 0 Å². The largest absolute Gasteiger partial charge is 0.497 e. The van der Waals surface area contributed by atoms with E-state index in [4.69, 9.17) is 4.74 Å². The van der Waals surface area contributed by atoms with E-state index >= 15 is 0 Å². The molecule has 1 saturated heterocycles. The predicted molar refractivity (Wildman–Crippen MR) is 107 cm³/mol. The Bertz CT molecular complexity index is 558. The molecular formula is C20H34N4O2. The van der Waals surface area contributed by atoms with Crippen molar-refractivity contribution in [1.82, 2.24) is 15.5 Å². The molecule has 0 amide bonds. The average molecular weight is 363 g/mol. The minimum absolute atomic E-state index is 0.156. The van der Waals surface area contributed by atoms with E-state index in [-0.39, 0.29) is 18.6 Å². The fourth-order valence-electron chi connectivity index (χ4n) is 3.20. The number of likely N-dealkylation sites (tertiary alicyclic amines) is 1. The molecule has 1 aromatic carbocycles. The molecule has 2 atom stereocenters. The summed E-state index contributed by atoms with van der Waals surface area (Å²) in [7, 11) is 1.71. The van der Waals surface area contributed by atoms with Crippen molar-refractivity contribution in [3.8, 4) is 5.75 Å². The standard InChI is InChI=1S/C20H34N4O2/c1-4-21-20(22-13-16(2)15-25)23-14-19(24-10-5-6-11-24)17-8-7-9-18(12-17)26-3/h7-9,12,16,19,25H,4-6,10-11,13-15H2,1-3H3,(H2,21,22,23). The summed E-state index contributed by atoms with van der Waals surface area (Å²) in [5.74, 6) is 1.86. The molecule has 1 aliphatic rings. The Kier molecular flexibility index (Phi) is 8.71. The van der Waals surface area contributed by atoms with Crippen molar-refractivity contribution in [3.05, 3.63) is 29.8 Å². The molecule has 26 heavy (non-hydrogen) atoms. The number of nitrogens with zero attached hydrogens (tertiary/aromatic N) is 2. The van der Waals surface area contributed by atoms with E-state index in [1.54, 1.807) is 7.11 Å². The number of nitrogens with one attached hydrogen (secondary N) is 2. The van der Waals surface area contributed by atoms with E-state index in [0.717, 1.165) is 37.9 Å². The Morgan fingerprint density at radius 2 is 2.08 bits per heavy atom. The van der Waals surface area contributed by atoms with E-state index in [0.29, 0.717) is 6.54 Å². The third kappa shape index (κ3) is 6.18. The number of aliphatic hydroxyl groups is 1.